The van der Waals surface area contributed by atoms with Crippen LogP contribution < -0.4 is 5.32 Å². The minimum atomic E-state index is -0.798. The number of Topliss-reactive ketones (excluding diaryl/α,β-unsaturated/α-hetero) is 1. The first-order chi connectivity index (χ1) is 21.9. The third kappa shape index (κ3) is 6.59. The van der Waals surface area contributed by atoms with Crippen molar-refractivity contribution in [1.82, 2.24) is 29.6 Å². The molecule has 12 nitrogen and oxygen atoms in total. The minimum absolute atomic E-state index is 0.0466. The first-order valence-electron chi connectivity index (χ1n) is 14.7. The van der Waals surface area contributed by atoms with Gasteiger partial charge in [0.05, 0.1) is 11.6 Å². The van der Waals surface area contributed by atoms with Crippen LogP contribution in [0.2, 0.25) is 0 Å². The van der Waals surface area contributed by atoms with Crippen molar-refractivity contribution in [3.05, 3.63) is 76.6 Å². The van der Waals surface area contributed by atoms with Crippen LogP contribution in [-0.2, 0) is 32.3 Å². The summed E-state index contributed by atoms with van der Waals surface area (Å²) in [6.07, 6.45) is 5.42. The highest BCUT2D eigenvalue weighted by atomic mass is 79.9. The average Bonchev–Trinajstić information content (AvgIpc) is 3.55. The Hall–Kier alpha value is -4.78. The number of hydrogen-bond donors (Lipinski definition) is 1. The zero-order valence-corrected chi connectivity index (χ0v) is 27.8. The van der Waals surface area contributed by atoms with Crippen LogP contribution in [0, 0.1) is 19.8 Å². The summed E-state index contributed by atoms with van der Waals surface area (Å²) in [5, 5.41) is 7.94. The Balaban J connectivity index is 1.55. The molecule has 0 spiro atoms. The molecule has 1 aliphatic heterocycles. The van der Waals surface area contributed by atoms with Gasteiger partial charge in [0.15, 0.2) is 5.78 Å². The lowest BCUT2D eigenvalue weighted by molar-refractivity contribution is -0.142. The molecular weight excluding hydrogens is 654 g/mol. The molecule has 1 saturated heterocycles. The zero-order valence-electron chi connectivity index (χ0n) is 26.2. The fraction of sp³-hybridized carbons (Fsp3) is 0.333. The number of amides is 2. The van der Waals surface area contributed by atoms with E-state index in [9.17, 15) is 19.2 Å². The van der Waals surface area contributed by atoms with Crippen LogP contribution in [0.3, 0.4) is 0 Å². The maximum absolute atomic E-state index is 14.2. The second-order valence-corrected chi connectivity index (χ2v) is 12.3. The number of hydrogen-bond acceptors (Lipinski definition) is 9. The molecule has 0 bridgehead atoms. The van der Waals surface area contributed by atoms with Crippen molar-refractivity contribution in [2.45, 2.75) is 66.3 Å². The smallest absolute Gasteiger partial charge is 0.302 e. The number of aromatic nitrogens is 5. The SMILES string of the molecule is C=C[C@@H]1[C@@H](C)C[C@@H](C(=O)Nc2nc(Br)ccc2C)N1C(=O)Cn1nc(C(C)=O)c2cc(-c3cnc(C)nc3)cc(COC(C)=O)c21. The Kier molecular flexibility index (Phi) is 9.42. The van der Waals surface area contributed by atoms with Gasteiger partial charge in [-0.3, -0.25) is 23.9 Å². The van der Waals surface area contributed by atoms with Gasteiger partial charge < -0.3 is 15.0 Å². The second-order valence-electron chi connectivity index (χ2n) is 11.4. The summed E-state index contributed by atoms with van der Waals surface area (Å²) >= 11 is 3.34. The van der Waals surface area contributed by atoms with Crippen LogP contribution in [0.25, 0.3) is 22.0 Å². The van der Waals surface area contributed by atoms with E-state index >= 15 is 0 Å². The molecule has 46 heavy (non-hydrogen) atoms. The molecule has 3 atom stereocenters. The number of halogens is 1. The number of esters is 1. The van der Waals surface area contributed by atoms with Gasteiger partial charge in [-0.1, -0.05) is 19.1 Å². The number of nitrogens with one attached hydrogen (secondary N) is 1. The molecule has 1 N–H and O–H groups in total. The van der Waals surface area contributed by atoms with E-state index in [4.69, 9.17) is 4.74 Å². The number of ketones is 1. The largest absolute Gasteiger partial charge is 0.461 e. The van der Waals surface area contributed by atoms with Gasteiger partial charge >= 0.3 is 5.97 Å². The summed E-state index contributed by atoms with van der Waals surface area (Å²) in [5.74, 6) is -0.597. The van der Waals surface area contributed by atoms with Gasteiger partial charge in [0.25, 0.3) is 0 Å². The van der Waals surface area contributed by atoms with Crippen LogP contribution in [0.5, 0.6) is 0 Å². The van der Waals surface area contributed by atoms with E-state index in [2.05, 4.69) is 47.9 Å². The molecular formula is C33H34BrN7O5. The monoisotopic (exact) mass is 687 g/mol. The van der Waals surface area contributed by atoms with Crippen LogP contribution in [0.15, 0.2) is 53.9 Å². The molecule has 1 aliphatic rings. The number of aryl methyl sites for hydroxylation is 2. The molecule has 1 fully saturated rings. The number of pyridine rings is 1. The Morgan fingerprint density at radius 3 is 2.48 bits per heavy atom. The fourth-order valence-electron chi connectivity index (χ4n) is 5.82. The molecule has 4 aromatic rings. The van der Waals surface area contributed by atoms with E-state index in [1.165, 1.54) is 23.4 Å². The van der Waals surface area contributed by atoms with Gasteiger partial charge in [-0.15, -0.1) is 6.58 Å². The molecule has 0 saturated carbocycles. The van der Waals surface area contributed by atoms with Crippen molar-refractivity contribution >= 4 is 56.2 Å². The minimum Gasteiger partial charge on any atom is -0.461 e. The lowest BCUT2D eigenvalue weighted by Crippen LogP contribution is -2.48. The number of ether oxygens (including phenoxy) is 1. The lowest BCUT2D eigenvalue weighted by Gasteiger charge is -2.29. The number of carbonyl (C=O) groups is 4. The standard InChI is InChI=1S/C33H34BrN7O5/c1-7-26-18(3)10-27(33(45)38-32-17(2)8-9-28(34)37-32)41(26)29(44)15-40-31-23(16-46-21(6)43)11-22(24-13-35-20(5)36-14-24)12-25(31)30(39-40)19(4)42/h7-9,11-14,18,26-27H,1,10,15-16H2,2-6H3,(H,37,38,45)/t18-,26+,27-/m0/s1. The molecule has 0 radical (unpaired) electrons. The summed E-state index contributed by atoms with van der Waals surface area (Å²) in [7, 11) is 0. The van der Waals surface area contributed by atoms with Crippen molar-refractivity contribution in [1.29, 1.82) is 0 Å². The van der Waals surface area contributed by atoms with Crippen molar-refractivity contribution in [3.8, 4) is 11.1 Å². The summed E-state index contributed by atoms with van der Waals surface area (Å²) in [6, 6.07) is 6.00. The molecule has 5 rings (SSSR count). The van der Waals surface area contributed by atoms with E-state index in [1.807, 2.05) is 19.9 Å². The second kappa shape index (κ2) is 13.3. The number of nitrogens with zero attached hydrogens (tertiary/aromatic N) is 6. The molecule has 238 valence electrons. The average molecular weight is 689 g/mol. The number of carbonyl (C=O) groups excluding carboxylic acids is 4. The molecule has 2 amide bonds. The van der Waals surface area contributed by atoms with Crippen LogP contribution in [-0.4, -0.2) is 65.3 Å². The van der Waals surface area contributed by atoms with Crippen molar-refractivity contribution in [3.63, 3.8) is 0 Å². The van der Waals surface area contributed by atoms with E-state index in [-0.39, 0.29) is 42.4 Å². The normalized spacial score (nSPS) is 17.6. The first kappa shape index (κ1) is 32.6. The van der Waals surface area contributed by atoms with E-state index in [1.54, 1.807) is 43.6 Å². The molecule has 1 aromatic carbocycles. The summed E-state index contributed by atoms with van der Waals surface area (Å²) < 4.78 is 7.39. The van der Waals surface area contributed by atoms with E-state index < -0.39 is 18.1 Å². The topological polar surface area (TPSA) is 149 Å². The summed E-state index contributed by atoms with van der Waals surface area (Å²) in [5.41, 5.74) is 3.32. The van der Waals surface area contributed by atoms with Crippen molar-refractivity contribution in [2.75, 3.05) is 5.32 Å². The fourth-order valence-corrected chi connectivity index (χ4v) is 6.13. The predicted octanol–water partition coefficient (Wildman–Crippen LogP) is 4.96. The number of anilines is 1. The molecule has 13 heteroatoms. The Morgan fingerprint density at radius 2 is 1.83 bits per heavy atom. The summed E-state index contributed by atoms with van der Waals surface area (Å²) in [4.78, 5) is 66.9. The quantitative estimate of drug-likeness (QED) is 0.111. The molecule has 0 aliphatic carbocycles. The Bertz CT molecular complexity index is 1870. The van der Waals surface area contributed by atoms with Crippen LogP contribution >= 0.6 is 15.9 Å². The first-order valence-corrected chi connectivity index (χ1v) is 15.5. The number of rotatable bonds is 9. The highest BCUT2D eigenvalue weighted by Crippen LogP contribution is 2.34. The van der Waals surface area contributed by atoms with Gasteiger partial charge in [0.2, 0.25) is 11.8 Å². The number of benzene rings is 1. The zero-order chi connectivity index (χ0) is 33.3. The van der Waals surface area contributed by atoms with Gasteiger partial charge in [0.1, 0.15) is 41.1 Å². The van der Waals surface area contributed by atoms with Gasteiger partial charge in [0, 0.05) is 42.8 Å². The van der Waals surface area contributed by atoms with Crippen LogP contribution in [0.1, 0.15) is 54.6 Å². The highest BCUT2D eigenvalue weighted by Gasteiger charge is 2.44. The van der Waals surface area contributed by atoms with Crippen LogP contribution in [0.4, 0.5) is 5.82 Å². The third-order valence-electron chi connectivity index (χ3n) is 8.06. The maximum Gasteiger partial charge on any atom is 0.302 e. The molecule has 3 aromatic heterocycles. The van der Waals surface area contributed by atoms with Gasteiger partial charge in [-0.05, 0) is 71.4 Å². The summed E-state index contributed by atoms with van der Waals surface area (Å²) in [6.45, 7) is 11.8. The van der Waals surface area contributed by atoms with Crippen molar-refractivity contribution in [2.24, 2.45) is 5.92 Å². The number of likely N-dealkylation sites (tertiary alicyclic amines) is 1. The third-order valence-corrected chi connectivity index (χ3v) is 8.50. The maximum atomic E-state index is 14.2. The predicted molar refractivity (Wildman–Crippen MR) is 175 cm³/mol. The molecule has 0 unspecified atom stereocenters. The lowest BCUT2D eigenvalue weighted by atomic mass is 10.0. The Morgan fingerprint density at radius 1 is 1.11 bits per heavy atom. The number of fused-ring (bicyclic) bond motifs is 1. The highest BCUT2D eigenvalue weighted by molar-refractivity contribution is 9.10. The van der Waals surface area contributed by atoms with Gasteiger partial charge in [-0.25, -0.2) is 15.0 Å². The van der Waals surface area contributed by atoms with E-state index in [0.29, 0.717) is 50.3 Å². The van der Waals surface area contributed by atoms with E-state index in [0.717, 1.165) is 5.56 Å². The van der Waals surface area contributed by atoms with Gasteiger partial charge in [-0.2, -0.15) is 5.10 Å². The Labute approximate surface area is 274 Å². The van der Waals surface area contributed by atoms with Crippen molar-refractivity contribution < 1.29 is 23.9 Å². The molecule has 4 heterocycles.